The molecule has 5 rings (SSSR count). The van der Waals surface area contributed by atoms with Crippen LogP contribution in [0.2, 0.25) is 0 Å². The fourth-order valence-corrected chi connectivity index (χ4v) is 5.59. The lowest BCUT2D eigenvalue weighted by Crippen LogP contribution is -2.49. The number of amides is 2. The smallest absolute Gasteiger partial charge is 0.242 e. The predicted octanol–water partition coefficient (Wildman–Crippen LogP) is 3.56. The van der Waals surface area contributed by atoms with Gasteiger partial charge in [-0.3, -0.25) is 14.0 Å². The SMILES string of the molecule is O=C(Cc1cn2ccsc2n1)N1CCCOc2cccc(c2)CCC2CCCCN2C(=O)C1. The van der Waals surface area contributed by atoms with Crippen LogP contribution in [0.1, 0.15) is 43.4 Å². The molecule has 2 aliphatic heterocycles. The third-order valence-electron chi connectivity index (χ3n) is 6.61. The average Bonchev–Trinajstić information content (AvgIpc) is 3.41. The molecule has 2 amide bonds. The molecule has 33 heavy (non-hydrogen) atoms. The van der Waals surface area contributed by atoms with Crippen LogP contribution in [0.25, 0.3) is 4.96 Å². The lowest BCUT2D eigenvalue weighted by Gasteiger charge is -2.37. The number of benzene rings is 1. The molecule has 1 fully saturated rings. The molecule has 8 heteroatoms. The molecule has 2 bridgehead atoms. The molecule has 3 aromatic rings. The van der Waals surface area contributed by atoms with Crippen molar-refractivity contribution in [2.45, 2.75) is 51.0 Å². The Morgan fingerprint density at radius 3 is 3.03 bits per heavy atom. The summed E-state index contributed by atoms with van der Waals surface area (Å²) in [4.78, 5) is 35.7. The van der Waals surface area contributed by atoms with Crippen LogP contribution in [0.3, 0.4) is 0 Å². The molecule has 4 heterocycles. The maximum atomic E-state index is 13.3. The highest BCUT2D eigenvalue weighted by molar-refractivity contribution is 7.15. The summed E-state index contributed by atoms with van der Waals surface area (Å²) >= 11 is 1.54. The number of piperidine rings is 1. The molecule has 0 radical (unpaired) electrons. The second-order valence-electron chi connectivity index (χ2n) is 8.94. The van der Waals surface area contributed by atoms with Gasteiger partial charge in [0.05, 0.1) is 25.3 Å². The van der Waals surface area contributed by atoms with E-state index in [1.165, 1.54) is 5.56 Å². The number of aromatic nitrogens is 2. The first-order valence-corrected chi connectivity index (χ1v) is 12.7. The Kier molecular flexibility index (Phi) is 6.62. The summed E-state index contributed by atoms with van der Waals surface area (Å²) in [5.74, 6) is 0.874. The molecule has 0 spiro atoms. The molecule has 2 aliphatic rings. The van der Waals surface area contributed by atoms with E-state index < -0.39 is 0 Å². The Bertz CT molecular complexity index is 1100. The quantitative estimate of drug-likeness (QED) is 0.579. The van der Waals surface area contributed by atoms with E-state index in [4.69, 9.17) is 4.74 Å². The number of ether oxygens (including phenoxy) is 1. The molecule has 1 aromatic carbocycles. The molecule has 0 aliphatic carbocycles. The largest absolute Gasteiger partial charge is 0.494 e. The van der Waals surface area contributed by atoms with E-state index in [9.17, 15) is 9.59 Å². The van der Waals surface area contributed by atoms with E-state index >= 15 is 0 Å². The van der Waals surface area contributed by atoms with Crippen LogP contribution in [-0.2, 0) is 22.4 Å². The van der Waals surface area contributed by atoms with Crippen molar-refractivity contribution in [2.24, 2.45) is 0 Å². The van der Waals surface area contributed by atoms with E-state index in [1.807, 2.05) is 39.2 Å². The molecule has 0 N–H and O–H groups in total. The fourth-order valence-electron chi connectivity index (χ4n) is 4.87. The van der Waals surface area contributed by atoms with Gasteiger partial charge >= 0.3 is 0 Å². The highest BCUT2D eigenvalue weighted by atomic mass is 32.1. The van der Waals surface area contributed by atoms with Crippen molar-refractivity contribution in [2.75, 3.05) is 26.2 Å². The van der Waals surface area contributed by atoms with Crippen molar-refractivity contribution in [3.05, 3.63) is 53.3 Å². The van der Waals surface area contributed by atoms with E-state index in [-0.39, 0.29) is 30.8 Å². The number of carbonyl (C=O) groups excluding carboxylic acids is 2. The Hall–Kier alpha value is -2.87. The minimum atomic E-state index is -0.0586. The van der Waals surface area contributed by atoms with Gasteiger partial charge in [0, 0.05) is 36.9 Å². The van der Waals surface area contributed by atoms with Crippen LogP contribution in [0.4, 0.5) is 0 Å². The monoisotopic (exact) mass is 466 g/mol. The number of imidazole rings is 1. The number of hydrogen-bond acceptors (Lipinski definition) is 5. The van der Waals surface area contributed by atoms with E-state index in [2.05, 4.69) is 17.1 Å². The number of thiazole rings is 1. The molecule has 7 nitrogen and oxygen atoms in total. The van der Waals surface area contributed by atoms with Crippen molar-refractivity contribution >= 4 is 28.1 Å². The van der Waals surface area contributed by atoms with Gasteiger partial charge in [-0.15, -0.1) is 11.3 Å². The van der Waals surface area contributed by atoms with Gasteiger partial charge in [-0.05, 0) is 56.2 Å². The number of fused-ring (bicyclic) bond motifs is 4. The Morgan fingerprint density at radius 2 is 2.12 bits per heavy atom. The number of rotatable bonds is 2. The molecule has 174 valence electrons. The minimum absolute atomic E-state index is 0.0586. The second kappa shape index (κ2) is 9.95. The first kappa shape index (κ1) is 21.9. The predicted molar refractivity (Wildman–Crippen MR) is 128 cm³/mol. The zero-order valence-corrected chi connectivity index (χ0v) is 19.6. The number of hydrogen-bond donors (Lipinski definition) is 0. The number of carbonyl (C=O) groups is 2. The van der Waals surface area contributed by atoms with Crippen molar-refractivity contribution in [1.82, 2.24) is 19.2 Å². The molecule has 1 unspecified atom stereocenters. The Morgan fingerprint density at radius 1 is 1.18 bits per heavy atom. The van der Waals surface area contributed by atoms with E-state index in [1.54, 1.807) is 16.2 Å². The van der Waals surface area contributed by atoms with Gasteiger partial charge in [-0.2, -0.15) is 0 Å². The van der Waals surface area contributed by atoms with Crippen molar-refractivity contribution in [3.8, 4) is 5.75 Å². The van der Waals surface area contributed by atoms with Crippen LogP contribution in [0.15, 0.2) is 42.0 Å². The van der Waals surface area contributed by atoms with Crippen LogP contribution < -0.4 is 4.74 Å². The average molecular weight is 467 g/mol. The van der Waals surface area contributed by atoms with Gasteiger partial charge in [0.25, 0.3) is 0 Å². The fraction of sp³-hybridized carbons (Fsp3) is 0.480. The molecular weight excluding hydrogens is 436 g/mol. The van der Waals surface area contributed by atoms with Crippen LogP contribution >= 0.6 is 11.3 Å². The third-order valence-corrected chi connectivity index (χ3v) is 7.38. The number of nitrogens with zero attached hydrogens (tertiary/aromatic N) is 4. The highest BCUT2D eigenvalue weighted by Crippen LogP contribution is 2.24. The van der Waals surface area contributed by atoms with Gasteiger partial charge in [0.1, 0.15) is 5.75 Å². The maximum absolute atomic E-state index is 13.3. The van der Waals surface area contributed by atoms with Gasteiger partial charge < -0.3 is 14.5 Å². The van der Waals surface area contributed by atoms with Crippen molar-refractivity contribution in [3.63, 3.8) is 0 Å². The Balaban J connectivity index is 1.34. The maximum Gasteiger partial charge on any atom is 0.242 e. The first-order chi connectivity index (χ1) is 16.2. The molecule has 1 saturated heterocycles. The zero-order chi connectivity index (χ0) is 22.6. The van der Waals surface area contributed by atoms with Crippen molar-refractivity contribution in [1.29, 1.82) is 0 Å². The normalized spacial score (nSPS) is 20.2. The van der Waals surface area contributed by atoms with E-state index in [0.29, 0.717) is 19.6 Å². The Labute approximate surface area is 198 Å². The summed E-state index contributed by atoms with van der Waals surface area (Å²) in [6.45, 7) is 1.91. The van der Waals surface area contributed by atoms with Crippen molar-refractivity contribution < 1.29 is 14.3 Å². The lowest BCUT2D eigenvalue weighted by atomic mass is 9.95. The standard InChI is InChI=1S/C25H30N4O3S/c30-23(16-20-17-28-12-14-33-25(28)26-20)27-10-4-13-32-22-7-3-5-19(15-22)8-9-21-6-1-2-11-29(21)24(31)18-27/h3,5,7,12,14-15,17,21H,1-2,4,6,8-11,13,16,18H2. The third kappa shape index (κ3) is 5.21. The van der Waals surface area contributed by atoms with Gasteiger partial charge in [0.15, 0.2) is 4.96 Å². The summed E-state index contributed by atoms with van der Waals surface area (Å²) in [5, 5.41) is 1.97. The molecule has 0 saturated carbocycles. The highest BCUT2D eigenvalue weighted by Gasteiger charge is 2.29. The van der Waals surface area contributed by atoms with Crippen LogP contribution in [0, 0.1) is 0 Å². The zero-order valence-electron chi connectivity index (χ0n) is 18.8. The van der Waals surface area contributed by atoms with Crippen LogP contribution in [0.5, 0.6) is 5.75 Å². The summed E-state index contributed by atoms with van der Waals surface area (Å²) in [6, 6.07) is 8.49. The summed E-state index contributed by atoms with van der Waals surface area (Å²) < 4.78 is 7.89. The minimum Gasteiger partial charge on any atom is -0.494 e. The second-order valence-corrected chi connectivity index (χ2v) is 9.82. The lowest BCUT2D eigenvalue weighted by molar-refractivity contribution is -0.142. The van der Waals surface area contributed by atoms with Gasteiger partial charge in [0.2, 0.25) is 11.8 Å². The molecular formula is C25H30N4O3S. The topological polar surface area (TPSA) is 67.2 Å². The molecule has 2 aromatic heterocycles. The van der Waals surface area contributed by atoms with Gasteiger partial charge in [-0.1, -0.05) is 12.1 Å². The summed E-state index contributed by atoms with van der Waals surface area (Å²) in [5.41, 5.74) is 1.99. The van der Waals surface area contributed by atoms with Crippen LogP contribution in [-0.4, -0.2) is 63.3 Å². The summed E-state index contributed by atoms with van der Waals surface area (Å²) in [6.07, 6.45) is 9.78. The number of aryl methyl sites for hydroxylation is 1. The van der Waals surface area contributed by atoms with Gasteiger partial charge in [-0.25, -0.2) is 4.98 Å². The summed E-state index contributed by atoms with van der Waals surface area (Å²) in [7, 11) is 0. The van der Waals surface area contributed by atoms with E-state index in [0.717, 1.165) is 55.1 Å². The molecule has 1 atom stereocenters. The first-order valence-electron chi connectivity index (χ1n) is 11.9.